The number of fused-ring (bicyclic) bond motifs is 3. The normalized spacial score (nSPS) is 22.5. The molecule has 0 aliphatic carbocycles. The Kier molecular flexibility index (Phi) is 1.19. The van der Waals surface area contributed by atoms with Crippen LogP contribution in [0.4, 0.5) is 0 Å². The van der Waals surface area contributed by atoms with Crippen molar-refractivity contribution in [2.75, 3.05) is 0 Å². The maximum absolute atomic E-state index is 4.25. The summed E-state index contributed by atoms with van der Waals surface area (Å²) >= 11 is 0. The van der Waals surface area contributed by atoms with Gasteiger partial charge in [-0.25, -0.2) is 9.97 Å². The smallest absolute Gasteiger partial charge is 0.165 e. The molecule has 4 nitrogen and oxygen atoms in total. The van der Waals surface area contributed by atoms with Crippen molar-refractivity contribution in [3.63, 3.8) is 0 Å². The molecule has 0 spiro atoms. The zero-order valence-corrected chi connectivity index (χ0v) is 6.75. The van der Waals surface area contributed by atoms with Crippen LogP contribution < -0.4 is 0 Å². The number of allylic oxidation sites excluding steroid dienone is 1. The third-order valence-electron chi connectivity index (χ3n) is 2.15. The van der Waals surface area contributed by atoms with E-state index in [-0.39, 0.29) is 6.17 Å². The fourth-order valence-corrected chi connectivity index (χ4v) is 1.52. The summed E-state index contributed by atoms with van der Waals surface area (Å²) < 4.78 is 0. The van der Waals surface area contributed by atoms with Gasteiger partial charge in [0.15, 0.2) is 6.17 Å². The van der Waals surface area contributed by atoms with E-state index in [0.29, 0.717) is 0 Å². The predicted molar refractivity (Wildman–Crippen MR) is 49.9 cm³/mol. The second-order valence-electron chi connectivity index (χ2n) is 2.89. The van der Waals surface area contributed by atoms with Crippen LogP contribution in [0, 0.1) is 0 Å². The highest BCUT2D eigenvalue weighted by molar-refractivity contribution is 5.98. The molecule has 1 aromatic heterocycles. The van der Waals surface area contributed by atoms with Crippen LogP contribution >= 0.6 is 0 Å². The van der Waals surface area contributed by atoms with Crippen molar-refractivity contribution in [2.45, 2.75) is 6.17 Å². The van der Waals surface area contributed by atoms with Gasteiger partial charge in [0.2, 0.25) is 0 Å². The number of rotatable bonds is 0. The molecule has 3 heterocycles. The van der Waals surface area contributed by atoms with Crippen LogP contribution in [-0.2, 0) is 0 Å². The number of aliphatic imine (C=N–C) groups is 2. The summed E-state index contributed by atoms with van der Waals surface area (Å²) in [4.78, 5) is 16.5. The van der Waals surface area contributed by atoms with Crippen molar-refractivity contribution in [2.24, 2.45) is 9.98 Å². The zero-order valence-electron chi connectivity index (χ0n) is 6.75. The van der Waals surface area contributed by atoms with E-state index in [4.69, 9.17) is 0 Å². The first-order chi connectivity index (χ1) is 6.45. The lowest BCUT2D eigenvalue weighted by Crippen LogP contribution is -2.11. The van der Waals surface area contributed by atoms with Crippen LogP contribution in [0.15, 0.2) is 28.6 Å². The van der Waals surface area contributed by atoms with E-state index in [1.54, 1.807) is 18.6 Å². The second-order valence-corrected chi connectivity index (χ2v) is 2.89. The van der Waals surface area contributed by atoms with Crippen LogP contribution in [0.25, 0.3) is 5.57 Å². The summed E-state index contributed by atoms with van der Waals surface area (Å²) in [5.74, 6) is 0. The molecule has 0 aromatic carbocycles. The fraction of sp³-hybridized carbons (Fsp3) is 0.111. The molecular weight excluding hydrogens is 164 g/mol. The maximum atomic E-state index is 4.25. The van der Waals surface area contributed by atoms with Crippen LogP contribution in [0.3, 0.4) is 0 Å². The fourth-order valence-electron chi connectivity index (χ4n) is 1.52. The lowest BCUT2D eigenvalue weighted by Gasteiger charge is -2.14. The molecule has 2 aliphatic rings. The Morgan fingerprint density at radius 3 is 3.23 bits per heavy atom. The molecule has 1 unspecified atom stereocenters. The lowest BCUT2D eigenvalue weighted by atomic mass is 10.0. The first kappa shape index (κ1) is 6.65. The van der Waals surface area contributed by atoms with Gasteiger partial charge in [-0.3, -0.25) is 9.98 Å². The predicted octanol–water partition coefficient (Wildman–Crippen LogP) is 0.703. The van der Waals surface area contributed by atoms with E-state index < -0.39 is 0 Å². The van der Waals surface area contributed by atoms with Crippen molar-refractivity contribution in [3.8, 4) is 0 Å². The molecular formula is C9H6N4. The number of aromatic nitrogens is 2. The first-order valence-electron chi connectivity index (χ1n) is 4.02. The molecule has 0 amide bonds. The van der Waals surface area contributed by atoms with E-state index in [1.165, 1.54) is 6.33 Å². The van der Waals surface area contributed by atoms with Crippen LogP contribution in [0.5, 0.6) is 0 Å². The van der Waals surface area contributed by atoms with Crippen molar-refractivity contribution in [3.05, 3.63) is 29.9 Å². The van der Waals surface area contributed by atoms with Crippen molar-refractivity contribution < 1.29 is 0 Å². The molecule has 2 aliphatic heterocycles. The third kappa shape index (κ3) is 0.853. The highest BCUT2D eigenvalue weighted by atomic mass is 15.0. The second kappa shape index (κ2) is 2.32. The Balaban J connectivity index is 2.25. The first-order valence-corrected chi connectivity index (χ1v) is 4.02. The molecule has 62 valence electrons. The van der Waals surface area contributed by atoms with Crippen LogP contribution in [0.2, 0.25) is 0 Å². The average Bonchev–Trinajstić information content (AvgIpc) is 2.65. The molecule has 0 bridgehead atoms. The third-order valence-corrected chi connectivity index (χ3v) is 2.15. The molecule has 3 rings (SSSR count). The zero-order chi connectivity index (χ0) is 8.67. The molecule has 0 radical (unpaired) electrons. The van der Waals surface area contributed by atoms with Gasteiger partial charge in [-0.05, 0) is 6.08 Å². The van der Waals surface area contributed by atoms with Crippen molar-refractivity contribution >= 4 is 18.0 Å². The summed E-state index contributed by atoms with van der Waals surface area (Å²) in [7, 11) is 0. The molecule has 0 N–H and O–H groups in total. The molecule has 13 heavy (non-hydrogen) atoms. The molecule has 0 saturated carbocycles. The largest absolute Gasteiger partial charge is 0.262 e. The molecule has 0 saturated heterocycles. The standard InChI is InChI=1S/C9H6N4/c1-2-11-9-6(1)7-3-10-5-13-8(7)4-12-9/h1-5,9H. The summed E-state index contributed by atoms with van der Waals surface area (Å²) in [6.45, 7) is 0. The van der Waals surface area contributed by atoms with Gasteiger partial charge in [-0.15, -0.1) is 0 Å². The molecule has 4 heteroatoms. The van der Waals surface area contributed by atoms with Gasteiger partial charge < -0.3 is 0 Å². The van der Waals surface area contributed by atoms with Gasteiger partial charge in [0.05, 0.1) is 11.9 Å². The van der Waals surface area contributed by atoms with Crippen LogP contribution in [-0.4, -0.2) is 28.6 Å². The SMILES string of the molecule is C1=NC2N=Cc3ncncc3C2=C1. The Labute approximate surface area is 74.8 Å². The van der Waals surface area contributed by atoms with Gasteiger partial charge in [0.25, 0.3) is 0 Å². The topological polar surface area (TPSA) is 50.5 Å². The lowest BCUT2D eigenvalue weighted by molar-refractivity contribution is 0.903. The summed E-state index contributed by atoms with van der Waals surface area (Å²) in [5, 5.41) is 0. The van der Waals surface area contributed by atoms with E-state index >= 15 is 0 Å². The number of nitrogens with zero attached hydrogens (tertiary/aromatic N) is 4. The summed E-state index contributed by atoms with van der Waals surface area (Å²) in [6.07, 6.45) is 8.77. The highest BCUT2D eigenvalue weighted by Gasteiger charge is 2.22. The van der Waals surface area contributed by atoms with Gasteiger partial charge in [-0.1, -0.05) is 0 Å². The maximum Gasteiger partial charge on any atom is 0.165 e. The monoisotopic (exact) mass is 170 g/mol. The minimum atomic E-state index is -0.0569. The Morgan fingerprint density at radius 1 is 1.23 bits per heavy atom. The molecule has 1 aromatic rings. The minimum absolute atomic E-state index is 0.0569. The van der Waals surface area contributed by atoms with Crippen molar-refractivity contribution in [1.29, 1.82) is 0 Å². The quantitative estimate of drug-likeness (QED) is 0.575. The van der Waals surface area contributed by atoms with E-state index in [2.05, 4.69) is 20.0 Å². The Hall–Kier alpha value is -1.84. The number of hydrogen-bond acceptors (Lipinski definition) is 4. The van der Waals surface area contributed by atoms with E-state index in [0.717, 1.165) is 16.8 Å². The highest BCUT2D eigenvalue weighted by Crippen LogP contribution is 2.28. The van der Waals surface area contributed by atoms with Gasteiger partial charge >= 0.3 is 0 Å². The van der Waals surface area contributed by atoms with E-state index in [1.807, 2.05) is 6.08 Å². The van der Waals surface area contributed by atoms with Crippen molar-refractivity contribution in [1.82, 2.24) is 9.97 Å². The molecule has 1 atom stereocenters. The van der Waals surface area contributed by atoms with Gasteiger partial charge in [-0.2, -0.15) is 0 Å². The van der Waals surface area contributed by atoms with E-state index in [9.17, 15) is 0 Å². The summed E-state index contributed by atoms with van der Waals surface area (Å²) in [5.41, 5.74) is 3.01. The molecule has 0 fully saturated rings. The summed E-state index contributed by atoms with van der Waals surface area (Å²) in [6, 6.07) is 0. The Bertz CT molecular complexity index is 445. The number of hydrogen-bond donors (Lipinski definition) is 0. The van der Waals surface area contributed by atoms with Gasteiger partial charge in [0.1, 0.15) is 6.33 Å². The average molecular weight is 170 g/mol. The Morgan fingerprint density at radius 2 is 2.23 bits per heavy atom. The van der Waals surface area contributed by atoms with Gasteiger partial charge in [0, 0.05) is 23.5 Å². The van der Waals surface area contributed by atoms with Crippen LogP contribution in [0.1, 0.15) is 11.3 Å². The minimum Gasteiger partial charge on any atom is -0.262 e.